The molecule has 0 bridgehead atoms. The summed E-state index contributed by atoms with van der Waals surface area (Å²) in [6.07, 6.45) is 0. The minimum atomic E-state index is -0.139. The number of nitrogens with zero attached hydrogens (tertiary/aromatic N) is 2. The maximum Gasteiger partial charge on any atom is 0.321 e. The van der Waals surface area contributed by atoms with Crippen molar-refractivity contribution in [2.24, 2.45) is 0 Å². The zero-order valence-corrected chi connectivity index (χ0v) is 17.7. The first-order valence-electron chi connectivity index (χ1n) is 9.64. The Morgan fingerprint density at radius 3 is 1.86 bits per heavy atom. The second-order valence-corrected chi connectivity index (χ2v) is 7.16. The molecule has 7 heteroatoms. The number of benzene rings is 2. The van der Waals surface area contributed by atoms with Gasteiger partial charge in [0.05, 0.1) is 27.0 Å². The van der Waals surface area contributed by atoms with Crippen molar-refractivity contribution in [2.75, 3.05) is 57.7 Å². The number of amides is 2. The van der Waals surface area contributed by atoms with Crippen LogP contribution in [0.3, 0.4) is 0 Å². The molecule has 0 radical (unpaired) electrons. The summed E-state index contributed by atoms with van der Waals surface area (Å²) in [5.74, 6) is 1.50. The van der Waals surface area contributed by atoms with E-state index in [0.29, 0.717) is 36.0 Å². The van der Waals surface area contributed by atoms with Gasteiger partial charge >= 0.3 is 6.03 Å². The van der Waals surface area contributed by atoms with Crippen molar-refractivity contribution >= 4 is 17.4 Å². The molecule has 0 unspecified atom stereocenters. The predicted octanol–water partition coefficient (Wildman–Crippen LogP) is 3.68. The van der Waals surface area contributed by atoms with Gasteiger partial charge in [-0.1, -0.05) is 6.07 Å². The summed E-state index contributed by atoms with van der Waals surface area (Å²) < 4.78 is 16.0. The number of carbonyl (C=O) groups is 1. The van der Waals surface area contributed by atoms with E-state index in [1.165, 1.54) is 16.8 Å². The highest BCUT2D eigenvalue weighted by atomic mass is 16.5. The molecule has 1 aliphatic heterocycles. The molecule has 29 heavy (non-hydrogen) atoms. The number of aryl methyl sites for hydroxylation is 2. The third-order valence-electron chi connectivity index (χ3n) is 5.05. The molecule has 7 nitrogen and oxygen atoms in total. The first kappa shape index (κ1) is 20.6. The molecule has 2 aromatic carbocycles. The average Bonchev–Trinajstić information content (AvgIpc) is 2.72. The van der Waals surface area contributed by atoms with Gasteiger partial charge < -0.3 is 29.3 Å². The Morgan fingerprint density at radius 2 is 1.38 bits per heavy atom. The van der Waals surface area contributed by atoms with Crippen molar-refractivity contribution in [1.82, 2.24) is 4.90 Å². The third kappa shape index (κ3) is 4.67. The lowest BCUT2D eigenvalue weighted by Gasteiger charge is -2.36. The van der Waals surface area contributed by atoms with Gasteiger partial charge in [0.1, 0.15) is 0 Å². The number of carbonyl (C=O) groups excluding carboxylic acids is 1. The minimum absolute atomic E-state index is 0.139. The van der Waals surface area contributed by atoms with Crippen LogP contribution in [0, 0.1) is 13.8 Å². The molecule has 1 heterocycles. The van der Waals surface area contributed by atoms with Crippen LogP contribution in [0.25, 0.3) is 0 Å². The minimum Gasteiger partial charge on any atom is -0.493 e. The highest BCUT2D eigenvalue weighted by Crippen LogP contribution is 2.40. The fraction of sp³-hybridized carbons (Fsp3) is 0.409. The molecule has 1 aliphatic rings. The monoisotopic (exact) mass is 399 g/mol. The molecule has 156 valence electrons. The largest absolute Gasteiger partial charge is 0.493 e. The Kier molecular flexibility index (Phi) is 6.36. The molecule has 0 aromatic heterocycles. The molecule has 1 N–H and O–H groups in total. The number of urea groups is 1. The van der Waals surface area contributed by atoms with Crippen molar-refractivity contribution in [1.29, 1.82) is 0 Å². The molecular formula is C22H29N3O4. The summed E-state index contributed by atoms with van der Waals surface area (Å²) >= 11 is 0. The quantitative estimate of drug-likeness (QED) is 0.831. The number of anilines is 2. The number of ether oxygens (including phenoxy) is 3. The summed E-state index contributed by atoms with van der Waals surface area (Å²) in [7, 11) is 4.65. The fourth-order valence-electron chi connectivity index (χ4n) is 3.66. The maximum absolute atomic E-state index is 12.8. The Balaban J connectivity index is 1.65. The molecule has 0 spiro atoms. The first-order valence-corrected chi connectivity index (χ1v) is 9.64. The molecule has 0 atom stereocenters. The van der Waals surface area contributed by atoms with Crippen LogP contribution in [0.15, 0.2) is 30.3 Å². The van der Waals surface area contributed by atoms with Gasteiger partial charge in [0.2, 0.25) is 5.75 Å². The van der Waals surface area contributed by atoms with Gasteiger partial charge in [0.25, 0.3) is 0 Å². The number of nitrogens with one attached hydrogen (secondary N) is 1. The van der Waals surface area contributed by atoms with Crippen LogP contribution in [0.4, 0.5) is 16.2 Å². The van der Waals surface area contributed by atoms with Crippen LogP contribution in [-0.2, 0) is 0 Å². The molecule has 3 rings (SSSR count). The maximum atomic E-state index is 12.8. The van der Waals surface area contributed by atoms with Crippen molar-refractivity contribution in [3.8, 4) is 17.2 Å². The van der Waals surface area contributed by atoms with Gasteiger partial charge in [-0.15, -0.1) is 0 Å². The normalized spacial score (nSPS) is 13.8. The third-order valence-corrected chi connectivity index (χ3v) is 5.05. The Bertz CT molecular complexity index is 831. The van der Waals surface area contributed by atoms with E-state index in [2.05, 4.69) is 42.3 Å². The lowest BCUT2D eigenvalue weighted by atomic mass is 10.1. The van der Waals surface area contributed by atoms with Gasteiger partial charge in [-0.25, -0.2) is 4.79 Å². The molecule has 0 aliphatic carbocycles. The second-order valence-electron chi connectivity index (χ2n) is 7.16. The molecule has 1 fully saturated rings. The Labute approximate surface area is 172 Å². The SMILES string of the molecule is COc1cc(NC(=O)N2CCN(c3cc(C)cc(C)c3)CC2)cc(OC)c1OC. The topological polar surface area (TPSA) is 63.3 Å². The summed E-state index contributed by atoms with van der Waals surface area (Å²) in [6, 6.07) is 9.87. The van der Waals surface area contributed by atoms with Crippen LogP contribution < -0.4 is 24.4 Å². The van der Waals surface area contributed by atoms with Crippen LogP contribution in [0.1, 0.15) is 11.1 Å². The summed E-state index contributed by atoms with van der Waals surface area (Å²) in [5, 5.41) is 2.94. The van der Waals surface area contributed by atoms with Crippen molar-refractivity contribution in [3.05, 3.63) is 41.5 Å². The number of hydrogen-bond acceptors (Lipinski definition) is 5. The van der Waals surface area contributed by atoms with Gasteiger partial charge in [0.15, 0.2) is 11.5 Å². The van der Waals surface area contributed by atoms with E-state index < -0.39 is 0 Å². The van der Waals surface area contributed by atoms with Crippen molar-refractivity contribution in [3.63, 3.8) is 0 Å². The lowest BCUT2D eigenvalue weighted by Crippen LogP contribution is -2.50. The van der Waals surface area contributed by atoms with Gasteiger partial charge in [-0.3, -0.25) is 0 Å². The zero-order valence-electron chi connectivity index (χ0n) is 17.7. The predicted molar refractivity (Wildman–Crippen MR) is 115 cm³/mol. The number of hydrogen-bond donors (Lipinski definition) is 1. The number of methoxy groups -OCH3 is 3. The Morgan fingerprint density at radius 1 is 0.828 bits per heavy atom. The van der Waals surface area contributed by atoms with E-state index in [0.717, 1.165) is 13.1 Å². The van der Waals surface area contributed by atoms with Gasteiger partial charge in [-0.05, 0) is 37.1 Å². The van der Waals surface area contributed by atoms with Gasteiger partial charge in [0, 0.05) is 44.0 Å². The molecule has 1 saturated heterocycles. The van der Waals surface area contributed by atoms with E-state index in [9.17, 15) is 4.79 Å². The standard InChI is InChI=1S/C22H29N3O4/c1-15-10-16(2)12-18(11-15)24-6-8-25(9-7-24)22(26)23-17-13-19(27-3)21(29-5)20(14-17)28-4/h10-14H,6-9H2,1-5H3,(H,23,26). The molecular weight excluding hydrogens is 370 g/mol. The number of piperazine rings is 1. The first-order chi connectivity index (χ1) is 13.9. The Hall–Kier alpha value is -3.09. The van der Waals surface area contributed by atoms with Crippen LogP contribution >= 0.6 is 0 Å². The smallest absolute Gasteiger partial charge is 0.321 e. The zero-order chi connectivity index (χ0) is 21.0. The van der Waals surface area contributed by atoms with Crippen LogP contribution in [0.2, 0.25) is 0 Å². The van der Waals surface area contributed by atoms with E-state index in [1.807, 2.05) is 4.90 Å². The molecule has 2 amide bonds. The van der Waals surface area contributed by atoms with Crippen molar-refractivity contribution < 1.29 is 19.0 Å². The highest BCUT2D eigenvalue weighted by Gasteiger charge is 2.22. The second kappa shape index (κ2) is 8.94. The summed E-state index contributed by atoms with van der Waals surface area (Å²) in [5.41, 5.74) is 4.32. The van der Waals surface area contributed by atoms with Gasteiger partial charge in [-0.2, -0.15) is 0 Å². The van der Waals surface area contributed by atoms with Crippen LogP contribution in [-0.4, -0.2) is 58.4 Å². The number of rotatable bonds is 5. The summed E-state index contributed by atoms with van der Waals surface area (Å²) in [6.45, 7) is 7.12. The molecule has 2 aromatic rings. The van der Waals surface area contributed by atoms with Crippen molar-refractivity contribution in [2.45, 2.75) is 13.8 Å². The van der Waals surface area contributed by atoms with Crippen LogP contribution in [0.5, 0.6) is 17.2 Å². The average molecular weight is 399 g/mol. The van der Waals surface area contributed by atoms with E-state index in [4.69, 9.17) is 14.2 Å². The summed E-state index contributed by atoms with van der Waals surface area (Å²) in [4.78, 5) is 16.9. The molecule has 0 saturated carbocycles. The van der Waals surface area contributed by atoms with E-state index in [-0.39, 0.29) is 6.03 Å². The lowest BCUT2D eigenvalue weighted by molar-refractivity contribution is 0.208. The van der Waals surface area contributed by atoms with E-state index in [1.54, 1.807) is 33.5 Å². The van der Waals surface area contributed by atoms with E-state index >= 15 is 0 Å². The highest BCUT2D eigenvalue weighted by molar-refractivity contribution is 5.90. The fourth-order valence-corrected chi connectivity index (χ4v) is 3.66.